The smallest absolute Gasteiger partial charge is 0.305 e. The van der Waals surface area contributed by atoms with Gasteiger partial charge in [-0.25, -0.2) is 0 Å². The number of rotatable bonds is 24. The second kappa shape index (κ2) is 24.4. The molecule has 0 saturated carbocycles. The van der Waals surface area contributed by atoms with Crippen molar-refractivity contribution in [2.75, 3.05) is 115 Å². The van der Waals surface area contributed by atoms with Gasteiger partial charge in [0.15, 0.2) is 23.0 Å². The van der Waals surface area contributed by atoms with E-state index in [2.05, 4.69) is 58.9 Å². The number of anilines is 4. The van der Waals surface area contributed by atoms with E-state index in [0.717, 1.165) is 47.3 Å². The minimum Gasteiger partial charge on any atom is -0.493 e. The number of fused-ring (bicyclic) bond motifs is 5. The van der Waals surface area contributed by atoms with Crippen LogP contribution in [0.5, 0.6) is 23.0 Å². The fourth-order valence-electron chi connectivity index (χ4n) is 9.73. The number of allylic oxidation sites excluding steroid dienone is 2. The summed E-state index contributed by atoms with van der Waals surface area (Å²) >= 11 is 0. The molecule has 1 aliphatic carbocycles. The zero-order valence-electron chi connectivity index (χ0n) is 41.6. The summed E-state index contributed by atoms with van der Waals surface area (Å²) < 4.78 is 46.6. The van der Waals surface area contributed by atoms with Gasteiger partial charge in [0.1, 0.15) is 13.2 Å². The minimum absolute atomic E-state index is 0.0241. The van der Waals surface area contributed by atoms with Crippen molar-refractivity contribution < 1.29 is 52.3 Å². The van der Waals surface area contributed by atoms with Gasteiger partial charge >= 0.3 is 5.97 Å². The maximum absolute atomic E-state index is 14.2. The molecule has 4 aromatic carbocycles. The summed E-state index contributed by atoms with van der Waals surface area (Å²) in [6.07, 6.45) is 9.59. The molecule has 16 heteroatoms. The third-order valence-corrected chi connectivity index (χ3v) is 13.4. The highest BCUT2D eigenvalue weighted by molar-refractivity contribution is 6.11. The zero-order chi connectivity index (χ0) is 49.7. The molecule has 1 fully saturated rings. The Hall–Kier alpha value is -6.75. The monoisotopic (exact) mass is 973 g/mol. The van der Waals surface area contributed by atoms with Gasteiger partial charge in [-0.05, 0) is 84.3 Å². The van der Waals surface area contributed by atoms with Crippen LogP contribution in [-0.2, 0) is 43.4 Å². The fourth-order valence-corrected chi connectivity index (χ4v) is 9.73. The maximum Gasteiger partial charge on any atom is 0.305 e. The van der Waals surface area contributed by atoms with Crippen LogP contribution >= 0.6 is 0 Å². The Labute approximate surface area is 416 Å². The van der Waals surface area contributed by atoms with Crippen LogP contribution in [0.2, 0.25) is 0 Å². The number of aryl methyl sites for hydroxylation is 1. The molecule has 4 aromatic rings. The van der Waals surface area contributed by atoms with Gasteiger partial charge in [0, 0.05) is 69.8 Å². The van der Waals surface area contributed by atoms with Gasteiger partial charge in [0.2, 0.25) is 0 Å². The Morgan fingerprint density at radius 3 is 2.13 bits per heavy atom. The highest BCUT2D eigenvalue weighted by Gasteiger charge is 2.43. The van der Waals surface area contributed by atoms with E-state index in [1.165, 1.54) is 12.7 Å². The van der Waals surface area contributed by atoms with E-state index in [1.54, 1.807) is 33.5 Å². The molecule has 3 aliphatic heterocycles. The summed E-state index contributed by atoms with van der Waals surface area (Å²) in [5, 5.41) is 7.01. The molecular weight excluding hydrogens is 907 g/mol. The average Bonchev–Trinajstić information content (AvgIpc) is 3.62. The Bertz CT molecular complexity index is 2580. The van der Waals surface area contributed by atoms with Crippen molar-refractivity contribution in [3.8, 4) is 23.0 Å². The fraction of sp³-hybridized carbons (Fsp3) is 0.436. The molecule has 0 spiro atoms. The van der Waals surface area contributed by atoms with Crippen molar-refractivity contribution in [2.45, 2.75) is 64.3 Å². The lowest BCUT2D eigenvalue weighted by Crippen LogP contribution is -2.42. The number of ether oxygens (including phenoxy) is 8. The van der Waals surface area contributed by atoms with Crippen LogP contribution in [0.15, 0.2) is 90.5 Å². The van der Waals surface area contributed by atoms with E-state index >= 15 is 0 Å². The number of esters is 1. The number of nitrogens with one attached hydrogen (secondary N) is 2. The normalized spacial score (nSPS) is 16.8. The lowest BCUT2D eigenvalue weighted by Gasteiger charge is -2.29. The number of nitrogens with zero attached hydrogens (tertiary/aromatic N) is 3. The first-order valence-corrected chi connectivity index (χ1v) is 24.6. The summed E-state index contributed by atoms with van der Waals surface area (Å²) in [7, 11) is 6.17. The van der Waals surface area contributed by atoms with E-state index < -0.39 is 0 Å². The highest BCUT2D eigenvalue weighted by atomic mass is 16.5. The van der Waals surface area contributed by atoms with Crippen LogP contribution < -0.4 is 39.4 Å². The third-order valence-electron chi connectivity index (χ3n) is 13.4. The summed E-state index contributed by atoms with van der Waals surface area (Å²) in [6.45, 7) is 7.35. The molecule has 0 radical (unpaired) electrons. The van der Waals surface area contributed by atoms with Crippen LogP contribution in [-0.4, -0.2) is 129 Å². The Kier molecular flexibility index (Phi) is 17.4. The van der Waals surface area contributed by atoms with Gasteiger partial charge in [0.05, 0.1) is 88.9 Å². The Morgan fingerprint density at radius 2 is 1.44 bits per heavy atom. The summed E-state index contributed by atoms with van der Waals surface area (Å²) in [6, 6.07) is 21.5. The topological polar surface area (TPSA) is 159 Å². The number of amides is 2. The van der Waals surface area contributed by atoms with Gasteiger partial charge in [-0.15, -0.1) is 0 Å². The Morgan fingerprint density at radius 1 is 0.761 bits per heavy atom. The van der Waals surface area contributed by atoms with Crippen LogP contribution in [0.3, 0.4) is 0 Å². The molecule has 16 nitrogen and oxygen atoms in total. The molecule has 2 amide bonds. The van der Waals surface area contributed by atoms with E-state index in [4.69, 9.17) is 37.9 Å². The van der Waals surface area contributed by atoms with Crippen molar-refractivity contribution in [3.63, 3.8) is 0 Å². The number of para-hydroxylation sites is 1. The number of hydrogen-bond donors (Lipinski definition) is 2. The number of hydrogen-bond acceptors (Lipinski definition) is 14. The standard InChI is InChI=1S/C55H67N5O11/c1-6-39-12-7-9-14-47(39)59-19-17-56-45-32-51(49(65-3)30-43(45)54(59)62)70-35-37-26-38(28-41(27-37)58(18-11-16-53(61)67-5)20-21-68-24-25-69-23-22-64-2)36-71-52-33-46-44(31-50(52)66-4)55(63)60-42(34-57-46)29-40-13-8-10-15-48(40)60/h7-10,12-14,26-28,30-33,42,48,56-57H,6,11,15-25,29,34-36H2,1-5H3/t42-,48?/m0/s1. The maximum atomic E-state index is 14.2. The van der Waals surface area contributed by atoms with Crippen LogP contribution in [0, 0.1) is 0 Å². The molecule has 2 N–H and O–H groups in total. The van der Waals surface area contributed by atoms with Gasteiger partial charge < -0.3 is 63.2 Å². The number of carbonyl (C=O) groups is 3. The Balaban J connectivity index is 1.06. The summed E-state index contributed by atoms with van der Waals surface area (Å²) in [5.74, 6) is 1.40. The molecule has 378 valence electrons. The molecule has 2 atom stereocenters. The molecule has 0 aromatic heterocycles. The van der Waals surface area contributed by atoms with E-state index in [0.29, 0.717) is 118 Å². The lowest BCUT2D eigenvalue weighted by molar-refractivity contribution is -0.140. The lowest BCUT2D eigenvalue weighted by atomic mass is 9.98. The second-order valence-electron chi connectivity index (χ2n) is 17.8. The van der Waals surface area contributed by atoms with Gasteiger partial charge in [-0.3, -0.25) is 14.4 Å². The first kappa shape index (κ1) is 50.6. The molecule has 0 bridgehead atoms. The summed E-state index contributed by atoms with van der Waals surface area (Å²) in [5.41, 5.74) is 8.23. The molecular formula is C55H67N5O11. The molecule has 8 rings (SSSR count). The van der Waals surface area contributed by atoms with E-state index in [-0.39, 0.29) is 49.5 Å². The zero-order valence-corrected chi connectivity index (χ0v) is 41.6. The van der Waals surface area contributed by atoms with Crippen molar-refractivity contribution >= 4 is 40.5 Å². The number of methoxy groups -OCH3 is 4. The van der Waals surface area contributed by atoms with Crippen LogP contribution in [0.25, 0.3) is 0 Å². The van der Waals surface area contributed by atoms with Crippen LogP contribution in [0.4, 0.5) is 22.7 Å². The van der Waals surface area contributed by atoms with Crippen molar-refractivity contribution in [1.82, 2.24) is 4.90 Å². The first-order valence-electron chi connectivity index (χ1n) is 24.6. The second-order valence-corrected chi connectivity index (χ2v) is 17.8. The molecule has 4 aliphatic rings. The molecule has 71 heavy (non-hydrogen) atoms. The van der Waals surface area contributed by atoms with Crippen LogP contribution in [0.1, 0.15) is 70.0 Å². The van der Waals surface area contributed by atoms with Gasteiger partial charge in [-0.1, -0.05) is 43.4 Å². The SMILES string of the molecule is CCc1ccccc1N1CCNc2cc(OCc3cc(COc4cc5c(cc4OC)C(=O)N4C6CC=CC=C6C[C@H]4CN5)cc(N(CCCC(=O)OC)CCOCCOCCOC)c3)c(OC)cc2C1=O. The average molecular weight is 974 g/mol. The molecule has 1 saturated heterocycles. The van der Waals surface area contributed by atoms with Gasteiger partial charge in [-0.2, -0.15) is 0 Å². The van der Waals surface area contributed by atoms with Crippen molar-refractivity contribution in [1.29, 1.82) is 0 Å². The van der Waals surface area contributed by atoms with Crippen molar-refractivity contribution in [3.05, 3.63) is 118 Å². The summed E-state index contributed by atoms with van der Waals surface area (Å²) in [4.78, 5) is 46.7. The van der Waals surface area contributed by atoms with Crippen molar-refractivity contribution in [2.24, 2.45) is 0 Å². The predicted octanol–water partition coefficient (Wildman–Crippen LogP) is 7.83. The number of benzene rings is 4. The third kappa shape index (κ3) is 12.1. The highest BCUT2D eigenvalue weighted by Crippen LogP contribution is 2.42. The predicted molar refractivity (Wildman–Crippen MR) is 273 cm³/mol. The van der Waals surface area contributed by atoms with Gasteiger partial charge in [0.25, 0.3) is 11.8 Å². The largest absolute Gasteiger partial charge is 0.493 e. The number of carbonyl (C=O) groups excluding carboxylic acids is 3. The van der Waals surface area contributed by atoms with E-state index in [9.17, 15) is 14.4 Å². The quantitative estimate of drug-likeness (QED) is 0.0517. The molecule has 1 unspecified atom stereocenters. The first-order chi connectivity index (χ1) is 34.7. The van der Waals surface area contributed by atoms with E-state index in [1.807, 2.05) is 46.2 Å². The molecule has 3 heterocycles. The minimum atomic E-state index is -0.283.